The van der Waals surface area contributed by atoms with E-state index in [9.17, 15) is 19.5 Å². The van der Waals surface area contributed by atoms with Crippen LogP contribution >= 0.6 is 0 Å². The van der Waals surface area contributed by atoms with Crippen LogP contribution in [-0.2, 0) is 28.6 Å². The van der Waals surface area contributed by atoms with E-state index in [1.165, 1.54) is 70.6 Å². The van der Waals surface area contributed by atoms with Crippen molar-refractivity contribution in [3.05, 3.63) is 48.6 Å². The number of likely N-dealkylation sites (N-methyl/N-ethyl adjacent to an activating group) is 1. The van der Waals surface area contributed by atoms with E-state index in [-0.39, 0.29) is 42.7 Å². The van der Waals surface area contributed by atoms with Gasteiger partial charge in [-0.2, -0.15) is 0 Å². The summed E-state index contributed by atoms with van der Waals surface area (Å²) in [5, 5.41) is 11.6. The van der Waals surface area contributed by atoms with Crippen LogP contribution in [-0.4, -0.2) is 75.5 Å². The van der Waals surface area contributed by atoms with Crippen molar-refractivity contribution in [3.63, 3.8) is 0 Å². The van der Waals surface area contributed by atoms with Crippen LogP contribution in [0.1, 0.15) is 187 Å². The van der Waals surface area contributed by atoms with Crippen LogP contribution in [0.3, 0.4) is 0 Å². The molecule has 8 nitrogen and oxygen atoms in total. The van der Waals surface area contributed by atoms with Gasteiger partial charge in [0.25, 0.3) is 0 Å². The van der Waals surface area contributed by atoms with Gasteiger partial charge < -0.3 is 28.6 Å². The molecule has 0 bridgehead atoms. The van der Waals surface area contributed by atoms with Gasteiger partial charge in [-0.05, 0) is 70.6 Å². The van der Waals surface area contributed by atoms with Crippen LogP contribution in [0.4, 0.5) is 0 Å². The molecule has 0 saturated carbocycles. The van der Waals surface area contributed by atoms with Crippen molar-refractivity contribution in [1.82, 2.24) is 0 Å². The van der Waals surface area contributed by atoms with E-state index in [2.05, 4.69) is 62.5 Å². The zero-order valence-corrected chi connectivity index (χ0v) is 36.8. The summed E-state index contributed by atoms with van der Waals surface area (Å²) in [4.78, 5) is 36.9. The third kappa shape index (κ3) is 36.9. The molecule has 0 radical (unpaired) electrons. The third-order valence-corrected chi connectivity index (χ3v) is 9.95. The number of nitrogens with zero attached hydrogens (tertiary/aromatic N) is 1. The number of aliphatic carboxylic acids is 1. The number of carbonyl (C=O) groups is 3. The molecule has 0 amide bonds. The second kappa shape index (κ2) is 39.1. The Balaban J connectivity index is 4.35. The van der Waals surface area contributed by atoms with Crippen molar-refractivity contribution in [1.29, 1.82) is 0 Å². The lowest BCUT2D eigenvalue weighted by Crippen LogP contribution is -2.55. The number of esters is 2. The van der Waals surface area contributed by atoms with E-state index in [0.717, 1.165) is 83.5 Å². The molecule has 2 atom stereocenters. The van der Waals surface area contributed by atoms with Gasteiger partial charge in [-0.15, -0.1) is 0 Å². The zero-order chi connectivity index (χ0) is 41.4. The number of carbonyl (C=O) groups excluding carboxylic acids is 3. The highest BCUT2D eigenvalue weighted by Crippen LogP contribution is 2.14. The summed E-state index contributed by atoms with van der Waals surface area (Å²) in [5.41, 5.74) is 0. The maximum absolute atomic E-state index is 12.7. The lowest BCUT2D eigenvalue weighted by atomic mass is 10.1. The molecule has 0 aromatic carbocycles. The van der Waals surface area contributed by atoms with Crippen LogP contribution < -0.4 is 5.11 Å². The number of quaternary nitrogens is 1. The lowest BCUT2D eigenvalue weighted by molar-refractivity contribution is -0.889. The van der Waals surface area contributed by atoms with Gasteiger partial charge in [-0.1, -0.05) is 146 Å². The fourth-order valence-electron chi connectivity index (χ4n) is 6.43. The van der Waals surface area contributed by atoms with Crippen LogP contribution in [0.5, 0.6) is 0 Å². The van der Waals surface area contributed by atoms with E-state index in [1.807, 2.05) is 0 Å². The summed E-state index contributed by atoms with van der Waals surface area (Å²) < 4.78 is 17.1. The smallest absolute Gasteiger partial charge is 0.306 e. The van der Waals surface area contributed by atoms with Gasteiger partial charge in [0.05, 0.1) is 40.3 Å². The van der Waals surface area contributed by atoms with Crippen molar-refractivity contribution in [2.45, 2.75) is 199 Å². The van der Waals surface area contributed by atoms with Crippen molar-refractivity contribution < 1.29 is 38.2 Å². The van der Waals surface area contributed by atoms with E-state index in [1.54, 1.807) is 21.1 Å². The first-order valence-electron chi connectivity index (χ1n) is 22.7. The first-order chi connectivity index (χ1) is 27.1. The van der Waals surface area contributed by atoms with Gasteiger partial charge in [0.1, 0.15) is 12.6 Å². The Morgan fingerprint density at radius 2 is 1.00 bits per heavy atom. The first-order valence-corrected chi connectivity index (χ1v) is 22.7. The molecule has 0 aromatic rings. The van der Waals surface area contributed by atoms with E-state index >= 15 is 0 Å². The first kappa shape index (κ1) is 53.3. The Hall–Kier alpha value is -2.71. The SMILES string of the molecule is CC/C=C/C/C=C/C/C=C/CCCCCCC(=O)OC(COCCC(C(=O)[O-])[N+](C)(C)C)COC(=O)CCCCCCC/C=C/CCCCCCCCCCC. The average Bonchev–Trinajstić information content (AvgIpc) is 3.15. The second-order valence-electron chi connectivity index (χ2n) is 16.3. The van der Waals surface area contributed by atoms with Crippen molar-refractivity contribution >= 4 is 17.9 Å². The molecule has 0 aliphatic heterocycles. The van der Waals surface area contributed by atoms with Crippen LogP contribution in [0.15, 0.2) is 48.6 Å². The van der Waals surface area contributed by atoms with E-state index in [0.29, 0.717) is 12.8 Å². The minimum atomic E-state index is -1.13. The standard InChI is InChI=1S/C48H85NO7/c1-6-8-10-12-14-16-18-20-22-23-24-25-27-28-30-32-34-36-38-46(50)55-43-44(42-54-41-40-45(48(52)53)49(3,4)5)56-47(51)39-37-35-33-31-29-26-21-19-17-15-13-11-9-7-2/h9,11,15,17,21,24-26,44-45H,6-8,10,12-14,16,18-20,22-23,27-43H2,1-5H3/b11-9+,17-15+,25-24+,26-21+. The van der Waals surface area contributed by atoms with Crippen LogP contribution in [0.2, 0.25) is 0 Å². The summed E-state index contributed by atoms with van der Waals surface area (Å²) in [5.74, 6) is -1.78. The Kier molecular flexibility index (Phi) is 37.2. The average molecular weight is 788 g/mol. The molecule has 0 N–H and O–H groups in total. The molecule has 8 heteroatoms. The van der Waals surface area contributed by atoms with Gasteiger partial charge in [0.15, 0.2) is 6.10 Å². The van der Waals surface area contributed by atoms with Crippen molar-refractivity contribution in [2.75, 3.05) is 41.0 Å². The molecule has 0 aliphatic carbocycles. The Labute approximate surface area is 344 Å². The third-order valence-electron chi connectivity index (χ3n) is 9.95. The van der Waals surface area contributed by atoms with Crippen molar-refractivity contribution in [2.24, 2.45) is 0 Å². The zero-order valence-electron chi connectivity index (χ0n) is 36.8. The Morgan fingerprint density at radius 1 is 0.554 bits per heavy atom. The number of hydrogen-bond donors (Lipinski definition) is 0. The molecule has 56 heavy (non-hydrogen) atoms. The van der Waals surface area contributed by atoms with E-state index < -0.39 is 18.1 Å². The second-order valence-corrected chi connectivity index (χ2v) is 16.3. The Bertz CT molecular complexity index is 1060. The van der Waals surface area contributed by atoms with Crippen molar-refractivity contribution in [3.8, 4) is 0 Å². The highest BCUT2D eigenvalue weighted by atomic mass is 16.6. The minimum Gasteiger partial charge on any atom is -0.544 e. The molecule has 0 saturated heterocycles. The number of carboxylic acids is 1. The van der Waals surface area contributed by atoms with Gasteiger partial charge >= 0.3 is 11.9 Å². The van der Waals surface area contributed by atoms with Gasteiger partial charge in [-0.3, -0.25) is 9.59 Å². The summed E-state index contributed by atoms with van der Waals surface area (Å²) in [6.07, 6.45) is 45.7. The van der Waals surface area contributed by atoms with Gasteiger partial charge in [-0.25, -0.2) is 0 Å². The predicted octanol–water partition coefficient (Wildman–Crippen LogP) is 11.1. The summed E-state index contributed by atoms with van der Waals surface area (Å²) >= 11 is 0. The monoisotopic (exact) mass is 788 g/mol. The van der Waals surface area contributed by atoms with Crippen LogP contribution in [0, 0.1) is 0 Å². The van der Waals surface area contributed by atoms with Crippen LogP contribution in [0.25, 0.3) is 0 Å². The fraction of sp³-hybridized carbons (Fsp3) is 0.771. The summed E-state index contributed by atoms with van der Waals surface area (Å²) in [6, 6.07) is -0.732. The molecule has 0 spiro atoms. The molecule has 0 rings (SSSR count). The highest BCUT2D eigenvalue weighted by molar-refractivity contribution is 5.70. The number of ether oxygens (including phenoxy) is 3. The topological polar surface area (TPSA) is 102 Å². The Morgan fingerprint density at radius 3 is 1.50 bits per heavy atom. The number of hydrogen-bond acceptors (Lipinski definition) is 7. The molecule has 2 unspecified atom stereocenters. The molecule has 0 heterocycles. The number of rotatable bonds is 40. The minimum absolute atomic E-state index is 0.0283. The fourth-order valence-corrected chi connectivity index (χ4v) is 6.43. The molecule has 0 fully saturated rings. The quantitative estimate of drug-likeness (QED) is 0.0264. The number of carboxylic acid groups (broad SMARTS) is 1. The molecule has 324 valence electrons. The molecule has 0 aliphatic rings. The molecule has 0 aromatic heterocycles. The van der Waals surface area contributed by atoms with Gasteiger partial charge in [0, 0.05) is 19.3 Å². The predicted molar refractivity (Wildman–Crippen MR) is 231 cm³/mol. The maximum Gasteiger partial charge on any atom is 0.306 e. The molecular formula is C48H85NO7. The maximum atomic E-state index is 12.7. The summed E-state index contributed by atoms with van der Waals surface area (Å²) in [6.45, 7) is 4.52. The number of unbranched alkanes of at least 4 members (excludes halogenated alkanes) is 18. The largest absolute Gasteiger partial charge is 0.544 e. The molecular weight excluding hydrogens is 703 g/mol. The normalized spacial score (nSPS) is 13.4. The number of allylic oxidation sites excluding steroid dienone is 8. The van der Waals surface area contributed by atoms with Gasteiger partial charge in [0.2, 0.25) is 0 Å². The summed E-state index contributed by atoms with van der Waals surface area (Å²) in [7, 11) is 5.39. The highest BCUT2D eigenvalue weighted by Gasteiger charge is 2.25. The van der Waals surface area contributed by atoms with E-state index in [4.69, 9.17) is 14.2 Å². The lowest BCUT2D eigenvalue weighted by Gasteiger charge is -2.34.